The summed E-state index contributed by atoms with van der Waals surface area (Å²) in [7, 11) is 0. The fourth-order valence-electron chi connectivity index (χ4n) is 1.79. The van der Waals surface area contributed by atoms with E-state index in [9.17, 15) is 18.0 Å². The van der Waals surface area contributed by atoms with Crippen LogP contribution >= 0.6 is 0 Å². The molecule has 0 spiro atoms. The van der Waals surface area contributed by atoms with Crippen molar-refractivity contribution in [2.75, 3.05) is 13.2 Å². The minimum atomic E-state index is -4.35. The molecule has 1 unspecified atom stereocenters. The lowest BCUT2D eigenvalue weighted by atomic mass is 9.93. The zero-order chi connectivity index (χ0) is 13.4. The highest BCUT2D eigenvalue weighted by atomic mass is 19.4. The van der Waals surface area contributed by atoms with Crippen LogP contribution in [0.15, 0.2) is 24.3 Å². The first-order chi connectivity index (χ1) is 8.31. The zero-order valence-electron chi connectivity index (χ0n) is 9.67. The Morgan fingerprint density at radius 3 is 2.33 bits per heavy atom. The Morgan fingerprint density at radius 2 is 1.89 bits per heavy atom. The van der Waals surface area contributed by atoms with Crippen LogP contribution in [0.5, 0.6) is 0 Å². The second-order valence-electron chi connectivity index (χ2n) is 4.37. The Balaban J connectivity index is 2.22. The lowest BCUT2D eigenvalue weighted by Crippen LogP contribution is -2.48. The van der Waals surface area contributed by atoms with Crippen LogP contribution in [0.2, 0.25) is 0 Å². The fraction of sp³-hybridized carbons (Fsp3) is 0.417. The Bertz CT molecular complexity index is 443. The van der Waals surface area contributed by atoms with Crippen LogP contribution in [-0.2, 0) is 21.3 Å². The van der Waals surface area contributed by atoms with E-state index in [0.717, 1.165) is 12.1 Å². The van der Waals surface area contributed by atoms with Crippen molar-refractivity contribution in [2.45, 2.75) is 18.7 Å². The molecular formula is C12H12F3NO2. The van der Waals surface area contributed by atoms with Gasteiger partial charge in [-0.2, -0.15) is 13.2 Å². The molecule has 1 fully saturated rings. The minimum absolute atomic E-state index is 0.0858. The number of rotatable bonds is 1. The number of carbonyl (C=O) groups excluding carboxylic acids is 1. The second-order valence-corrected chi connectivity index (χ2v) is 4.37. The van der Waals surface area contributed by atoms with Gasteiger partial charge in [-0.25, -0.2) is 0 Å². The predicted octanol–water partition coefficient (Wildman–Crippen LogP) is 2.07. The number of hydrogen-bond donors (Lipinski definition) is 1. The van der Waals surface area contributed by atoms with Crippen LogP contribution in [-0.4, -0.2) is 19.1 Å². The molecule has 0 aliphatic carbocycles. The smallest absolute Gasteiger partial charge is 0.359 e. The van der Waals surface area contributed by atoms with Gasteiger partial charge in [0.15, 0.2) is 0 Å². The summed E-state index contributed by atoms with van der Waals surface area (Å²) in [6.07, 6.45) is -4.35. The highest BCUT2D eigenvalue weighted by Crippen LogP contribution is 2.32. The summed E-state index contributed by atoms with van der Waals surface area (Å²) in [5.74, 6) is -0.223. The van der Waals surface area contributed by atoms with Crippen LogP contribution in [0, 0.1) is 0 Å². The van der Waals surface area contributed by atoms with Crippen molar-refractivity contribution in [3.05, 3.63) is 35.4 Å². The third-order valence-corrected chi connectivity index (χ3v) is 2.97. The highest BCUT2D eigenvalue weighted by Gasteiger charge is 2.34. The number of hydrogen-bond acceptors (Lipinski definition) is 2. The summed E-state index contributed by atoms with van der Waals surface area (Å²) in [6, 6.07) is 4.78. The van der Waals surface area contributed by atoms with Crippen molar-refractivity contribution in [3.8, 4) is 0 Å². The SMILES string of the molecule is CC1(c2ccc(C(F)(F)F)cc2)CNC(=O)CO1. The van der Waals surface area contributed by atoms with Gasteiger partial charge in [0.25, 0.3) is 0 Å². The van der Waals surface area contributed by atoms with E-state index in [0.29, 0.717) is 5.56 Å². The number of ether oxygens (including phenoxy) is 1. The minimum Gasteiger partial charge on any atom is -0.359 e. The maximum absolute atomic E-state index is 12.4. The molecule has 1 heterocycles. The molecule has 0 aromatic heterocycles. The molecule has 1 amide bonds. The van der Waals surface area contributed by atoms with Crippen molar-refractivity contribution < 1.29 is 22.7 Å². The van der Waals surface area contributed by atoms with Crippen LogP contribution in [0.4, 0.5) is 13.2 Å². The molecule has 1 aromatic rings. The quantitative estimate of drug-likeness (QED) is 0.838. The topological polar surface area (TPSA) is 38.3 Å². The van der Waals surface area contributed by atoms with Crippen LogP contribution < -0.4 is 5.32 Å². The van der Waals surface area contributed by atoms with E-state index in [-0.39, 0.29) is 19.1 Å². The molecular weight excluding hydrogens is 247 g/mol. The Labute approximate surface area is 102 Å². The summed E-state index contributed by atoms with van der Waals surface area (Å²) < 4.78 is 42.7. The maximum Gasteiger partial charge on any atom is 0.416 e. The van der Waals surface area contributed by atoms with Crippen molar-refractivity contribution in [1.29, 1.82) is 0 Å². The Morgan fingerprint density at radius 1 is 1.28 bits per heavy atom. The fourth-order valence-corrected chi connectivity index (χ4v) is 1.79. The monoisotopic (exact) mass is 259 g/mol. The molecule has 1 saturated heterocycles. The van der Waals surface area contributed by atoms with Gasteiger partial charge in [0.1, 0.15) is 12.2 Å². The van der Waals surface area contributed by atoms with Gasteiger partial charge in [-0.3, -0.25) is 4.79 Å². The molecule has 6 heteroatoms. The van der Waals surface area contributed by atoms with Crippen LogP contribution in [0.25, 0.3) is 0 Å². The number of carbonyl (C=O) groups is 1. The van der Waals surface area contributed by atoms with Gasteiger partial charge in [0, 0.05) is 0 Å². The lowest BCUT2D eigenvalue weighted by Gasteiger charge is -2.34. The summed E-state index contributed by atoms with van der Waals surface area (Å²) in [5, 5.41) is 2.63. The second kappa shape index (κ2) is 4.28. The number of benzene rings is 1. The number of nitrogens with one attached hydrogen (secondary N) is 1. The van der Waals surface area contributed by atoms with Crippen molar-refractivity contribution in [1.82, 2.24) is 5.32 Å². The number of morpholine rings is 1. The standard InChI is InChI=1S/C12H12F3NO2/c1-11(7-16-10(17)6-18-11)8-2-4-9(5-3-8)12(13,14)15/h2-5H,6-7H2,1H3,(H,16,17). The molecule has 1 aromatic carbocycles. The Hall–Kier alpha value is -1.56. The van der Waals surface area contributed by atoms with Gasteiger partial charge in [-0.15, -0.1) is 0 Å². The van der Waals surface area contributed by atoms with E-state index < -0.39 is 17.3 Å². The lowest BCUT2D eigenvalue weighted by molar-refractivity contribution is -0.142. The zero-order valence-corrected chi connectivity index (χ0v) is 9.67. The molecule has 98 valence electrons. The van der Waals surface area contributed by atoms with Crippen molar-refractivity contribution >= 4 is 5.91 Å². The molecule has 2 rings (SSSR count). The average Bonchev–Trinajstić information content (AvgIpc) is 2.32. The average molecular weight is 259 g/mol. The normalized spacial score (nSPS) is 24.8. The van der Waals surface area contributed by atoms with E-state index in [1.165, 1.54) is 12.1 Å². The Kier molecular flexibility index (Phi) is 3.06. The molecule has 1 aliphatic heterocycles. The molecule has 18 heavy (non-hydrogen) atoms. The van der Waals surface area contributed by atoms with Crippen molar-refractivity contribution in [3.63, 3.8) is 0 Å². The van der Waals surface area contributed by atoms with Crippen molar-refractivity contribution in [2.24, 2.45) is 0 Å². The van der Waals surface area contributed by atoms with Crippen LogP contribution in [0.3, 0.4) is 0 Å². The number of halogens is 3. The van der Waals surface area contributed by atoms with Gasteiger partial charge < -0.3 is 10.1 Å². The maximum atomic E-state index is 12.4. The third-order valence-electron chi connectivity index (χ3n) is 2.97. The summed E-state index contributed by atoms with van der Waals surface area (Å²) >= 11 is 0. The first-order valence-corrected chi connectivity index (χ1v) is 5.40. The van der Waals surface area contributed by atoms with Gasteiger partial charge in [-0.05, 0) is 24.6 Å². The molecule has 0 saturated carbocycles. The number of alkyl halides is 3. The van der Waals surface area contributed by atoms with E-state index >= 15 is 0 Å². The largest absolute Gasteiger partial charge is 0.416 e. The van der Waals surface area contributed by atoms with Crippen LogP contribution in [0.1, 0.15) is 18.1 Å². The molecule has 3 nitrogen and oxygen atoms in total. The first kappa shape index (κ1) is 12.9. The predicted molar refractivity (Wildman–Crippen MR) is 57.8 cm³/mol. The van der Waals surface area contributed by atoms with E-state index in [2.05, 4.69) is 5.32 Å². The summed E-state index contributed by atoms with van der Waals surface area (Å²) in [6.45, 7) is 1.89. The molecule has 0 bridgehead atoms. The van der Waals surface area contributed by atoms with E-state index in [1.807, 2.05) is 0 Å². The molecule has 0 radical (unpaired) electrons. The molecule has 1 N–H and O–H groups in total. The highest BCUT2D eigenvalue weighted by molar-refractivity contribution is 5.78. The third kappa shape index (κ3) is 2.48. The van der Waals surface area contributed by atoms with E-state index in [1.54, 1.807) is 6.92 Å². The van der Waals surface area contributed by atoms with Gasteiger partial charge >= 0.3 is 6.18 Å². The summed E-state index contributed by atoms with van der Waals surface area (Å²) in [5.41, 5.74) is -0.872. The van der Waals surface area contributed by atoms with Gasteiger partial charge in [-0.1, -0.05) is 12.1 Å². The number of amides is 1. The van der Waals surface area contributed by atoms with E-state index in [4.69, 9.17) is 4.74 Å². The van der Waals surface area contributed by atoms with Gasteiger partial charge in [0.2, 0.25) is 5.91 Å². The molecule has 1 aliphatic rings. The summed E-state index contributed by atoms with van der Waals surface area (Å²) in [4.78, 5) is 11.0. The van der Waals surface area contributed by atoms with Gasteiger partial charge in [0.05, 0.1) is 12.1 Å². The molecule has 1 atom stereocenters. The first-order valence-electron chi connectivity index (χ1n) is 5.40.